The maximum atomic E-state index is 12.4. The average Bonchev–Trinajstić information content (AvgIpc) is 2.52. The molecule has 0 spiro atoms. The van der Waals surface area contributed by atoms with Gasteiger partial charge >= 0.3 is 0 Å². The van der Waals surface area contributed by atoms with E-state index in [1.165, 1.54) is 4.57 Å². The minimum absolute atomic E-state index is 0.192. The highest BCUT2D eigenvalue weighted by Crippen LogP contribution is 2.17. The number of hydrogen-bond acceptors (Lipinski definition) is 3. The Morgan fingerprint density at radius 3 is 2.78 bits per heavy atom. The Morgan fingerprint density at radius 1 is 1.26 bits per heavy atom. The number of fused-ring (bicyclic) bond motifs is 1. The normalized spacial score (nSPS) is 10.7. The molecule has 0 radical (unpaired) electrons. The molecule has 116 valence electrons. The van der Waals surface area contributed by atoms with Crippen LogP contribution in [-0.4, -0.2) is 15.5 Å². The Bertz CT molecular complexity index is 1040. The van der Waals surface area contributed by atoms with Gasteiger partial charge in [-0.3, -0.25) is 14.2 Å². The van der Waals surface area contributed by atoms with Gasteiger partial charge < -0.3 is 10.3 Å². The van der Waals surface area contributed by atoms with Crippen LogP contribution in [-0.2, 0) is 7.05 Å². The van der Waals surface area contributed by atoms with E-state index in [1.807, 2.05) is 18.2 Å². The van der Waals surface area contributed by atoms with E-state index in [1.54, 1.807) is 31.3 Å². The third-order valence-electron chi connectivity index (χ3n) is 3.45. The number of aromatic amines is 1. The fraction of sp³-hybridized carbons (Fsp3) is 0.0625. The molecule has 23 heavy (non-hydrogen) atoms. The number of carbonyl (C=O) groups excluding carboxylic acids is 1. The van der Waals surface area contributed by atoms with E-state index in [0.717, 1.165) is 4.47 Å². The van der Waals surface area contributed by atoms with Crippen LogP contribution in [0.2, 0.25) is 0 Å². The summed E-state index contributed by atoms with van der Waals surface area (Å²) in [6, 6.07) is 12.2. The van der Waals surface area contributed by atoms with Gasteiger partial charge in [-0.05, 0) is 48.6 Å². The predicted molar refractivity (Wildman–Crippen MR) is 96.5 cm³/mol. The molecule has 0 saturated heterocycles. The highest BCUT2D eigenvalue weighted by Gasteiger charge is 2.09. The summed E-state index contributed by atoms with van der Waals surface area (Å²) in [6.45, 7) is 0. The summed E-state index contributed by atoms with van der Waals surface area (Å²) >= 11 is 8.46. The smallest absolute Gasteiger partial charge is 0.261 e. The van der Waals surface area contributed by atoms with E-state index in [9.17, 15) is 9.59 Å². The molecule has 1 aromatic heterocycles. The largest absolute Gasteiger partial charge is 0.332 e. The highest BCUT2D eigenvalue weighted by atomic mass is 79.9. The molecular formula is C16H12BrN3O2S. The van der Waals surface area contributed by atoms with Gasteiger partial charge in [-0.2, -0.15) is 0 Å². The number of benzene rings is 2. The van der Waals surface area contributed by atoms with Gasteiger partial charge in [0.2, 0.25) is 0 Å². The first-order valence-electron chi connectivity index (χ1n) is 6.76. The second kappa shape index (κ2) is 6.10. The first-order valence-corrected chi connectivity index (χ1v) is 7.96. The summed E-state index contributed by atoms with van der Waals surface area (Å²) in [5.74, 6) is -0.259. The number of aromatic nitrogens is 2. The van der Waals surface area contributed by atoms with Gasteiger partial charge in [0, 0.05) is 22.8 Å². The lowest BCUT2D eigenvalue weighted by atomic mass is 10.1. The lowest BCUT2D eigenvalue weighted by Gasteiger charge is -2.07. The first kappa shape index (κ1) is 15.6. The Balaban J connectivity index is 2.00. The maximum Gasteiger partial charge on any atom is 0.261 e. The van der Waals surface area contributed by atoms with E-state index in [4.69, 9.17) is 12.2 Å². The van der Waals surface area contributed by atoms with Gasteiger partial charge in [0.15, 0.2) is 4.77 Å². The van der Waals surface area contributed by atoms with Crippen molar-refractivity contribution in [3.05, 3.63) is 67.6 Å². The number of nitrogens with zero attached hydrogens (tertiary/aromatic N) is 1. The molecule has 2 N–H and O–H groups in total. The quantitative estimate of drug-likeness (QED) is 0.657. The maximum absolute atomic E-state index is 12.4. The minimum Gasteiger partial charge on any atom is -0.332 e. The Labute approximate surface area is 145 Å². The van der Waals surface area contributed by atoms with Crippen LogP contribution in [0.3, 0.4) is 0 Å². The van der Waals surface area contributed by atoms with Crippen LogP contribution >= 0.6 is 28.1 Å². The first-order chi connectivity index (χ1) is 11.0. The molecule has 5 nitrogen and oxygen atoms in total. The summed E-state index contributed by atoms with van der Waals surface area (Å²) in [7, 11) is 1.61. The molecule has 0 aliphatic rings. The van der Waals surface area contributed by atoms with Crippen molar-refractivity contribution in [2.75, 3.05) is 5.32 Å². The molecule has 0 saturated carbocycles. The Morgan fingerprint density at radius 2 is 2.04 bits per heavy atom. The van der Waals surface area contributed by atoms with Crippen LogP contribution < -0.4 is 10.9 Å². The van der Waals surface area contributed by atoms with E-state index < -0.39 is 0 Å². The summed E-state index contributed by atoms with van der Waals surface area (Å²) < 4.78 is 2.55. The van der Waals surface area contributed by atoms with Crippen molar-refractivity contribution >= 4 is 50.6 Å². The molecule has 3 aromatic rings. The van der Waals surface area contributed by atoms with Gasteiger partial charge in [-0.15, -0.1) is 0 Å². The van der Waals surface area contributed by atoms with Crippen LogP contribution in [0, 0.1) is 4.77 Å². The van der Waals surface area contributed by atoms with Crippen LogP contribution in [0.15, 0.2) is 51.7 Å². The van der Waals surface area contributed by atoms with Crippen LogP contribution in [0.5, 0.6) is 0 Å². The lowest BCUT2D eigenvalue weighted by Crippen LogP contribution is -2.19. The zero-order valence-electron chi connectivity index (χ0n) is 12.1. The number of hydrogen-bond donors (Lipinski definition) is 2. The molecule has 0 unspecified atom stereocenters. The molecule has 0 fully saturated rings. The van der Waals surface area contributed by atoms with Crippen molar-refractivity contribution in [2.45, 2.75) is 0 Å². The number of H-pyrrole nitrogens is 1. The molecule has 1 amide bonds. The Kier molecular flexibility index (Phi) is 4.14. The van der Waals surface area contributed by atoms with Crippen molar-refractivity contribution in [2.24, 2.45) is 7.05 Å². The standard InChI is InChI=1S/C16H12BrN3O2S/c1-20-15(22)12-6-5-9(7-13(12)19-16(20)23)14(21)18-11-4-2-3-10(17)8-11/h2-8H,1H3,(H,18,21)(H,19,23). The van der Waals surface area contributed by atoms with Crippen molar-refractivity contribution in [1.82, 2.24) is 9.55 Å². The molecular weight excluding hydrogens is 378 g/mol. The molecule has 3 rings (SSSR count). The number of anilines is 1. The van der Waals surface area contributed by atoms with Crippen LogP contribution in [0.4, 0.5) is 5.69 Å². The summed E-state index contributed by atoms with van der Waals surface area (Å²) in [5.41, 5.74) is 1.47. The fourth-order valence-electron chi connectivity index (χ4n) is 2.22. The van der Waals surface area contributed by atoms with Crippen molar-refractivity contribution in [1.29, 1.82) is 0 Å². The summed E-state index contributed by atoms with van der Waals surface area (Å²) in [5, 5.41) is 3.30. The number of nitrogens with one attached hydrogen (secondary N) is 2. The fourth-order valence-corrected chi connectivity index (χ4v) is 2.81. The summed E-state index contributed by atoms with van der Waals surface area (Å²) in [6.07, 6.45) is 0. The molecule has 0 aliphatic heterocycles. The van der Waals surface area contributed by atoms with Gasteiger partial charge in [-0.1, -0.05) is 22.0 Å². The SMILES string of the molecule is Cn1c(=S)[nH]c2cc(C(=O)Nc3cccc(Br)c3)ccc2c1=O. The zero-order valence-corrected chi connectivity index (χ0v) is 14.5. The van der Waals surface area contributed by atoms with Gasteiger partial charge in [0.1, 0.15) is 0 Å². The average molecular weight is 390 g/mol. The van der Waals surface area contributed by atoms with Crippen LogP contribution in [0.1, 0.15) is 10.4 Å². The molecule has 0 atom stereocenters. The van der Waals surface area contributed by atoms with Crippen molar-refractivity contribution in [3.63, 3.8) is 0 Å². The number of amides is 1. The van der Waals surface area contributed by atoms with E-state index in [-0.39, 0.29) is 11.5 Å². The van der Waals surface area contributed by atoms with Crippen molar-refractivity contribution in [3.8, 4) is 0 Å². The predicted octanol–water partition coefficient (Wildman–Crippen LogP) is 3.61. The summed E-state index contributed by atoms with van der Waals surface area (Å²) in [4.78, 5) is 27.4. The minimum atomic E-state index is -0.259. The lowest BCUT2D eigenvalue weighted by molar-refractivity contribution is 0.102. The highest BCUT2D eigenvalue weighted by molar-refractivity contribution is 9.10. The number of carbonyl (C=O) groups is 1. The molecule has 1 heterocycles. The number of halogens is 1. The van der Waals surface area contributed by atoms with E-state index in [0.29, 0.717) is 26.9 Å². The zero-order chi connectivity index (χ0) is 16.6. The third kappa shape index (κ3) is 3.11. The third-order valence-corrected chi connectivity index (χ3v) is 4.31. The second-order valence-electron chi connectivity index (χ2n) is 5.02. The second-order valence-corrected chi connectivity index (χ2v) is 6.32. The van der Waals surface area contributed by atoms with Crippen molar-refractivity contribution < 1.29 is 4.79 Å². The van der Waals surface area contributed by atoms with E-state index in [2.05, 4.69) is 26.2 Å². The molecule has 0 aliphatic carbocycles. The monoisotopic (exact) mass is 389 g/mol. The van der Waals surface area contributed by atoms with Gasteiger partial charge in [0.05, 0.1) is 10.9 Å². The van der Waals surface area contributed by atoms with E-state index >= 15 is 0 Å². The van der Waals surface area contributed by atoms with Gasteiger partial charge in [0.25, 0.3) is 11.5 Å². The Hall–Kier alpha value is -2.25. The number of rotatable bonds is 2. The van der Waals surface area contributed by atoms with Gasteiger partial charge in [-0.25, -0.2) is 0 Å². The molecule has 7 heteroatoms. The topological polar surface area (TPSA) is 66.9 Å². The molecule has 2 aromatic carbocycles. The molecule has 0 bridgehead atoms. The van der Waals surface area contributed by atoms with Crippen LogP contribution in [0.25, 0.3) is 10.9 Å².